The number of rotatable bonds is 21. The normalized spacial score (nSPS) is 28.0. The van der Waals surface area contributed by atoms with E-state index >= 15 is 0 Å². The molecule has 12 fully saturated rings. The maximum Gasteiger partial charge on any atom is 0.280 e. The molecule has 12 aliphatic rings. The van der Waals surface area contributed by atoms with Gasteiger partial charge < -0.3 is 66.7 Å². The zero-order valence-electron chi connectivity index (χ0n) is 62.0. The first-order valence-corrected chi connectivity index (χ1v) is 41.9. The van der Waals surface area contributed by atoms with E-state index in [0.717, 1.165) is 147 Å². The zero-order chi connectivity index (χ0) is 74.2. The van der Waals surface area contributed by atoms with Gasteiger partial charge in [-0.25, -0.2) is 29.9 Å². The molecule has 0 radical (unpaired) electrons. The quantitative estimate of drug-likeness (QED) is 0.0323. The molecule has 5 saturated carbocycles. The molecule has 7 saturated heterocycles. The number of carbonyl (C=O) groups is 6. The maximum absolute atomic E-state index is 13.8. The largest absolute Gasteiger partial charge is 0.391 e. The number of nitrogens with one attached hydrogen (secondary N) is 6. The first-order valence-electron chi connectivity index (χ1n) is 39.4. The van der Waals surface area contributed by atoms with Gasteiger partial charge in [0.2, 0.25) is 0 Å². The van der Waals surface area contributed by atoms with Crippen LogP contribution in [0.25, 0.3) is 31.3 Å². The highest BCUT2D eigenvalue weighted by atomic mass is 32.1. The first-order chi connectivity index (χ1) is 51.7. The fourth-order valence-corrected chi connectivity index (χ4v) is 21.0. The van der Waals surface area contributed by atoms with Crippen molar-refractivity contribution in [2.45, 2.75) is 280 Å². The van der Waals surface area contributed by atoms with Gasteiger partial charge in [0, 0.05) is 89.7 Å². The summed E-state index contributed by atoms with van der Waals surface area (Å²) in [5.74, 6) is 3.32. The lowest BCUT2D eigenvalue weighted by atomic mass is 9.89. The Bertz CT molecular complexity index is 4140. The highest BCUT2D eigenvalue weighted by molar-refractivity contribution is 7.18. The number of carbonyl (C=O) groups excluding carboxylic acids is 6. The van der Waals surface area contributed by atoms with Gasteiger partial charge in [0.15, 0.2) is 15.0 Å². The molecule has 570 valence electrons. The third-order valence-corrected chi connectivity index (χ3v) is 28.3. The van der Waals surface area contributed by atoms with Crippen molar-refractivity contribution < 1.29 is 48.8 Å². The van der Waals surface area contributed by atoms with Crippen molar-refractivity contribution in [3.63, 3.8) is 0 Å². The number of nitrogens with zero attached hydrogens (tertiary/aromatic N) is 9. The third kappa shape index (κ3) is 15.4. The zero-order valence-corrected chi connectivity index (χ0v) is 64.4. The number of ether oxygens (including phenoxy) is 1. The topological polar surface area (TPSA) is 332 Å². The molecule has 7 aliphatic heterocycles. The number of pyridine rings is 3. The van der Waals surface area contributed by atoms with Crippen molar-refractivity contribution in [2.75, 3.05) is 29.2 Å². The molecule has 0 unspecified atom stereocenters. The standard InChI is InChI=1S/C27H35N5O3S.C26H33N5O4S.C26H33N5O3S/c1-14-12-22(29-15(2)16-6-7-16)28-13-19(14)24-23(27(35)32-17-8-9-18(32)11-10-17)31-26(36-24)25(34)30-20-4-3-5-21(20)33;1-13-9-21(28-14(2)15-3-4-15)27-10-18(13)23-22(26(34)31-16-5-6-17(31)8-7-16)30-25(36-23)24(33)29-19-11-35-12-20(19)32;1-13-11-21(28-14(2)15-3-4-15)27-12-18(13)23-22(26(34)31-16-5-6-17(31)8-7-16)30-25(35-23)24(33)29-19-9-10-20(19)32/h12-13,15-18,20-21,33H,3-11H2,1-2H3,(H,28,29)(H,30,34);9-10,14-17,19-20,32H,3-8,11-12H2,1-2H3,(H,27,28)(H,29,33);11-12,14-17,19-20,32H,3-10H2,1-2H3,(H,27,28)(H,29,33)/t15-,17?,18?,20-,21-;2*14-,16?,17?,19-,20-/m111/s1. The van der Waals surface area contributed by atoms with Gasteiger partial charge in [-0.2, -0.15) is 0 Å². The van der Waals surface area contributed by atoms with Gasteiger partial charge in [-0.15, -0.1) is 34.0 Å². The average Bonchev–Trinajstić information content (AvgIpc) is 1.62. The molecule has 6 aromatic rings. The molecule has 0 aromatic carbocycles. The summed E-state index contributed by atoms with van der Waals surface area (Å²) in [6.07, 6.45) is 27.4. The maximum atomic E-state index is 13.8. The molecule has 6 bridgehead atoms. The Balaban J connectivity index is 0.000000123. The Morgan fingerprint density at radius 2 is 0.710 bits per heavy atom. The Morgan fingerprint density at radius 1 is 0.402 bits per heavy atom. The van der Waals surface area contributed by atoms with E-state index in [9.17, 15) is 44.1 Å². The summed E-state index contributed by atoms with van der Waals surface area (Å²) in [5, 5.41) is 50.0. The molecule has 0 spiro atoms. The van der Waals surface area contributed by atoms with E-state index in [0.29, 0.717) is 80.4 Å². The summed E-state index contributed by atoms with van der Waals surface area (Å²) >= 11 is 3.71. The number of aromatic nitrogens is 6. The summed E-state index contributed by atoms with van der Waals surface area (Å²) in [5.41, 5.74) is 6.49. The minimum Gasteiger partial charge on any atom is -0.391 e. The monoisotopic (exact) mass is 1520 g/mol. The number of thiazole rings is 3. The van der Waals surface area contributed by atoms with Crippen LogP contribution >= 0.6 is 34.0 Å². The lowest BCUT2D eigenvalue weighted by molar-refractivity contribution is 0.0447. The van der Waals surface area contributed by atoms with E-state index in [-0.39, 0.29) is 106 Å². The number of anilines is 3. The fraction of sp³-hybridized carbons (Fsp3) is 0.620. The lowest BCUT2D eigenvalue weighted by Gasteiger charge is -2.32. The van der Waals surface area contributed by atoms with Crippen LogP contribution in [-0.4, -0.2) is 199 Å². The molecule has 6 aromatic heterocycles. The van der Waals surface area contributed by atoms with E-state index < -0.39 is 30.3 Å². The van der Waals surface area contributed by atoms with Crippen LogP contribution in [0.4, 0.5) is 17.5 Å². The molecular weight excluding hydrogens is 1420 g/mol. The number of aryl methyl sites for hydroxylation is 3. The minimum absolute atomic E-state index is 0.0739. The summed E-state index contributed by atoms with van der Waals surface area (Å²) < 4.78 is 5.26. The van der Waals surface area contributed by atoms with Crippen LogP contribution in [0.5, 0.6) is 0 Å². The molecule has 13 heterocycles. The molecule has 9 N–H and O–H groups in total. The number of amides is 6. The Hall–Kier alpha value is -7.60. The highest BCUT2D eigenvalue weighted by Crippen LogP contribution is 2.46. The second kappa shape index (κ2) is 30.7. The Labute approximate surface area is 636 Å². The van der Waals surface area contributed by atoms with E-state index in [1.54, 1.807) is 12.4 Å². The van der Waals surface area contributed by atoms with Crippen molar-refractivity contribution in [2.24, 2.45) is 17.8 Å². The van der Waals surface area contributed by atoms with Crippen molar-refractivity contribution in [3.8, 4) is 31.3 Å². The molecule has 107 heavy (non-hydrogen) atoms. The summed E-state index contributed by atoms with van der Waals surface area (Å²) in [7, 11) is 0. The summed E-state index contributed by atoms with van der Waals surface area (Å²) in [6, 6.07) is 7.83. The third-order valence-electron chi connectivity index (χ3n) is 25.0. The second-order valence-corrected chi connectivity index (χ2v) is 35.6. The van der Waals surface area contributed by atoms with E-state index in [4.69, 9.17) is 4.74 Å². The molecule has 5 aliphatic carbocycles. The van der Waals surface area contributed by atoms with Crippen LogP contribution in [0.1, 0.15) is 246 Å². The minimum atomic E-state index is -0.751. The first kappa shape index (κ1) is 73.5. The van der Waals surface area contributed by atoms with Gasteiger partial charge in [0.1, 0.15) is 34.5 Å². The van der Waals surface area contributed by atoms with Crippen LogP contribution in [0.15, 0.2) is 36.8 Å². The number of hydrogen-bond donors (Lipinski definition) is 9. The van der Waals surface area contributed by atoms with Gasteiger partial charge in [0.05, 0.1) is 64.3 Å². The van der Waals surface area contributed by atoms with Gasteiger partial charge >= 0.3 is 0 Å². The van der Waals surface area contributed by atoms with Crippen LogP contribution < -0.4 is 31.9 Å². The van der Waals surface area contributed by atoms with Crippen LogP contribution in [0.3, 0.4) is 0 Å². The van der Waals surface area contributed by atoms with Crippen LogP contribution in [-0.2, 0) is 4.74 Å². The lowest BCUT2D eigenvalue weighted by Crippen LogP contribution is -2.50. The van der Waals surface area contributed by atoms with Crippen molar-refractivity contribution in [3.05, 3.63) is 85.6 Å². The number of hydrogen-bond acceptors (Lipinski definition) is 22. The predicted molar refractivity (Wildman–Crippen MR) is 410 cm³/mol. The Morgan fingerprint density at radius 3 is 0.963 bits per heavy atom. The van der Waals surface area contributed by atoms with Gasteiger partial charge in [-0.05, 0) is 242 Å². The van der Waals surface area contributed by atoms with Gasteiger partial charge in [-0.3, -0.25) is 28.8 Å². The van der Waals surface area contributed by atoms with E-state index in [1.807, 2.05) is 59.9 Å². The number of aliphatic hydroxyl groups excluding tert-OH is 3. The fourth-order valence-electron chi connectivity index (χ4n) is 17.9. The molecular formula is C79H101N15O10S3. The molecule has 28 heteroatoms. The van der Waals surface area contributed by atoms with E-state index in [2.05, 4.69) is 82.6 Å². The second-order valence-electron chi connectivity index (χ2n) is 32.6. The van der Waals surface area contributed by atoms with E-state index in [1.165, 1.54) is 72.5 Å². The SMILES string of the molecule is Cc1cc(N[C@H](C)C2CC2)ncc1-c1sc(C(=O)N[C@@H]2CCC[C@H]2O)nc1C(=O)N1C2CCC1CC2.Cc1cc(N[C@H](C)C2CC2)ncc1-c1sc(C(=O)N[C@@H]2CC[C@H]2O)nc1C(=O)N1C2CCC1CC2.Cc1cc(N[C@H](C)C2CC2)ncc1-c1sc(C(=O)N[C@@H]2COC[C@H]2O)nc1C(=O)N1C2CCC1CC2. The van der Waals surface area contributed by atoms with Crippen molar-refractivity contribution in [1.82, 2.24) is 60.6 Å². The van der Waals surface area contributed by atoms with Crippen molar-refractivity contribution >= 4 is 86.9 Å². The predicted octanol–water partition coefficient (Wildman–Crippen LogP) is 10.9. The summed E-state index contributed by atoms with van der Waals surface area (Å²) in [6.45, 7) is 13.1. The van der Waals surface area contributed by atoms with Crippen LogP contribution in [0, 0.1) is 38.5 Å². The summed E-state index contributed by atoms with van der Waals surface area (Å²) in [4.78, 5) is 116. The average molecular weight is 1520 g/mol. The number of aliphatic hydroxyl groups is 3. The van der Waals surface area contributed by atoms with Crippen molar-refractivity contribution in [1.29, 1.82) is 0 Å². The van der Waals surface area contributed by atoms with Gasteiger partial charge in [0.25, 0.3) is 35.4 Å². The number of fused-ring (bicyclic) bond motifs is 6. The molecule has 18 rings (SSSR count). The van der Waals surface area contributed by atoms with Crippen LogP contribution in [0.2, 0.25) is 0 Å². The Kier molecular flexibility index (Phi) is 21.1. The molecule has 25 nitrogen and oxygen atoms in total. The highest BCUT2D eigenvalue weighted by Gasteiger charge is 2.48. The van der Waals surface area contributed by atoms with Gasteiger partial charge in [-0.1, -0.05) is 0 Å². The molecule has 9 atom stereocenters. The molecule has 6 amide bonds. The smallest absolute Gasteiger partial charge is 0.280 e.